The molecule has 3 rings (SSSR count). The van der Waals surface area contributed by atoms with Gasteiger partial charge in [0.1, 0.15) is 5.82 Å². The van der Waals surface area contributed by atoms with Gasteiger partial charge in [-0.25, -0.2) is 9.97 Å². The van der Waals surface area contributed by atoms with Crippen LogP contribution in [0, 0.1) is 0 Å². The van der Waals surface area contributed by atoms with Gasteiger partial charge in [0.05, 0.1) is 19.8 Å². The highest BCUT2D eigenvalue weighted by atomic mass is 16.5. The summed E-state index contributed by atoms with van der Waals surface area (Å²) in [4.78, 5) is 13.8. The summed E-state index contributed by atoms with van der Waals surface area (Å²) in [7, 11) is 0. The van der Waals surface area contributed by atoms with Crippen molar-refractivity contribution >= 4 is 5.82 Å². The average molecular weight is 328 g/mol. The molecule has 0 radical (unpaired) electrons. The lowest BCUT2D eigenvalue weighted by Gasteiger charge is -2.35. The van der Waals surface area contributed by atoms with Gasteiger partial charge < -0.3 is 14.7 Å². The fraction of sp³-hybridized carbons (Fsp3) is 0.444. The first-order valence-corrected chi connectivity index (χ1v) is 8.41. The van der Waals surface area contributed by atoms with Gasteiger partial charge in [-0.1, -0.05) is 30.3 Å². The number of nitrogens with zero attached hydrogens (tertiary/aromatic N) is 4. The van der Waals surface area contributed by atoms with Gasteiger partial charge in [0, 0.05) is 44.5 Å². The number of hydrogen-bond donors (Lipinski definition) is 1. The molecular formula is C18H24N4O2. The van der Waals surface area contributed by atoms with E-state index in [9.17, 15) is 0 Å². The van der Waals surface area contributed by atoms with Crippen molar-refractivity contribution in [2.75, 3.05) is 57.4 Å². The summed E-state index contributed by atoms with van der Waals surface area (Å²) in [5.41, 5.74) is 1.04. The van der Waals surface area contributed by atoms with Crippen LogP contribution in [0.1, 0.15) is 0 Å². The van der Waals surface area contributed by atoms with Crippen molar-refractivity contribution in [3.8, 4) is 11.4 Å². The van der Waals surface area contributed by atoms with E-state index >= 15 is 0 Å². The first kappa shape index (κ1) is 16.8. The van der Waals surface area contributed by atoms with Crippen LogP contribution < -0.4 is 4.90 Å². The summed E-state index contributed by atoms with van der Waals surface area (Å²) in [6, 6.07) is 12.0. The van der Waals surface area contributed by atoms with Crippen molar-refractivity contribution in [1.82, 2.24) is 14.9 Å². The van der Waals surface area contributed by atoms with Gasteiger partial charge in [0.25, 0.3) is 0 Å². The molecule has 2 heterocycles. The van der Waals surface area contributed by atoms with E-state index in [2.05, 4.69) is 14.8 Å². The third-order valence-electron chi connectivity index (χ3n) is 4.16. The highest BCUT2D eigenvalue weighted by molar-refractivity contribution is 5.57. The van der Waals surface area contributed by atoms with E-state index in [0.717, 1.165) is 49.9 Å². The lowest BCUT2D eigenvalue weighted by Crippen LogP contribution is -2.47. The largest absolute Gasteiger partial charge is 0.394 e. The predicted molar refractivity (Wildman–Crippen MR) is 94.0 cm³/mol. The summed E-state index contributed by atoms with van der Waals surface area (Å²) in [5, 5.41) is 8.71. The van der Waals surface area contributed by atoms with Crippen LogP contribution in [0.5, 0.6) is 0 Å². The molecule has 6 nitrogen and oxygen atoms in total. The van der Waals surface area contributed by atoms with E-state index in [1.54, 1.807) is 0 Å². The number of rotatable bonds is 7. The van der Waals surface area contributed by atoms with Gasteiger partial charge in [-0.2, -0.15) is 0 Å². The summed E-state index contributed by atoms with van der Waals surface area (Å²) in [5.74, 6) is 1.76. The molecule has 0 unspecified atom stereocenters. The summed E-state index contributed by atoms with van der Waals surface area (Å²) in [6.45, 7) is 5.98. The van der Waals surface area contributed by atoms with Crippen molar-refractivity contribution in [2.45, 2.75) is 0 Å². The number of benzene rings is 1. The minimum atomic E-state index is 0.0885. The Bertz CT molecular complexity index is 615. The predicted octanol–water partition coefficient (Wildman–Crippen LogP) is 1.27. The van der Waals surface area contributed by atoms with Crippen LogP contribution in [0.15, 0.2) is 42.6 Å². The van der Waals surface area contributed by atoms with Crippen molar-refractivity contribution < 1.29 is 9.84 Å². The Labute approximate surface area is 142 Å². The average Bonchev–Trinajstić information content (AvgIpc) is 2.67. The van der Waals surface area contributed by atoms with E-state index in [4.69, 9.17) is 14.8 Å². The van der Waals surface area contributed by atoms with Crippen molar-refractivity contribution in [3.05, 3.63) is 42.6 Å². The van der Waals surface area contributed by atoms with Gasteiger partial charge in [-0.3, -0.25) is 4.90 Å². The highest BCUT2D eigenvalue weighted by Gasteiger charge is 2.18. The standard InChI is InChI=1S/C18H24N4O2/c23-13-15-24-14-12-21-8-10-22(11-9-21)17-6-7-19-18(20-17)16-4-2-1-3-5-16/h1-7,23H,8-15H2. The van der Waals surface area contributed by atoms with Gasteiger partial charge in [0.2, 0.25) is 0 Å². The molecule has 2 aromatic rings. The van der Waals surface area contributed by atoms with Crippen LogP contribution in [-0.4, -0.2) is 72.5 Å². The summed E-state index contributed by atoms with van der Waals surface area (Å²) < 4.78 is 5.34. The van der Waals surface area contributed by atoms with E-state index in [-0.39, 0.29) is 6.61 Å². The molecule has 0 spiro atoms. The van der Waals surface area contributed by atoms with Gasteiger partial charge >= 0.3 is 0 Å². The second-order valence-electron chi connectivity index (χ2n) is 5.77. The molecule has 6 heteroatoms. The number of aliphatic hydroxyl groups excluding tert-OH is 1. The van der Waals surface area contributed by atoms with E-state index in [0.29, 0.717) is 13.2 Å². The second kappa shape index (κ2) is 8.73. The Morgan fingerprint density at radius 1 is 1.00 bits per heavy atom. The van der Waals surface area contributed by atoms with E-state index in [1.165, 1.54) is 0 Å². The molecule has 24 heavy (non-hydrogen) atoms. The topological polar surface area (TPSA) is 61.7 Å². The number of aliphatic hydroxyl groups is 1. The Morgan fingerprint density at radius 3 is 2.54 bits per heavy atom. The third-order valence-corrected chi connectivity index (χ3v) is 4.16. The third kappa shape index (κ3) is 4.50. The molecule has 1 aromatic carbocycles. The monoisotopic (exact) mass is 328 g/mol. The molecule has 128 valence electrons. The van der Waals surface area contributed by atoms with Crippen LogP contribution in [0.2, 0.25) is 0 Å². The molecule has 1 aromatic heterocycles. The van der Waals surface area contributed by atoms with Gasteiger partial charge in [-0.15, -0.1) is 0 Å². The molecule has 0 atom stereocenters. The molecule has 0 amide bonds. The maximum atomic E-state index is 8.71. The Morgan fingerprint density at radius 2 is 1.79 bits per heavy atom. The van der Waals surface area contributed by atoms with Crippen LogP contribution in [-0.2, 0) is 4.74 Å². The lowest BCUT2D eigenvalue weighted by atomic mass is 10.2. The fourth-order valence-electron chi connectivity index (χ4n) is 2.81. The normalized spacial score (nSPS) is 15.6. The van der Waals surface area contributed by atoms with Crippen molar-refractivity contribution in [2.24, 2.45) is 0 Å². The zero-order valence-corrected chi connectivity index (χ0v) is 13.8. The molecule has 1 aliphatic rings. The lowest BCUT2D eigenvalue weighted by molar-refractivity contribution is 0.0724. The SMILES string of the molecule is OCCOCCN1CCN(c2ccnc(-c3ccccc3)n2)CC1. The quantitative estimate of drug-likeness (QED) is 0.773. The first-order chi connectivity index (χ1) is 11.9. The van der Waals surface area contributed by atoms with Crippen molar-refractivity contribution in [1.29, 1.82) is 0 Å². The number of hydrogen-bond acceptors (Lipinski definition) is 6. The molecule has 0 aliphatic carbocycles. The Hall–Kier alpha value is -2.02. The van der Waals surface area contributed by atoms with Gasteiger partial charge in [0.15, 0.2) is 5.82 Å². The van der Waals surface area contributed by atoms with Crippen LogP contribution in [0.3, 0.4) is 0 Å². The zero-order chi connectivity index (χ0) is 16.6. The molecule has 1 N–H and O–H groups in total. The molecule has 1 saturated heterocycles. The second-order valence-corrected chi connectivity index (χ2v) is 5.77. The van der Waals surface area contributed by atoms with E-state index in [1.807, 2.05) is 42.6 Å². The Balaban J connectivity index is 1.55. The number of anilines is 1. The first-order valence-electron chi connectivity index (χ1n) is 8.41. The smallest absolute Gasteiger partial charge is 0.161 e. The number of piperazine rings is 1. The maximum absolute atomic E-state index is 8.71. The van der Waals surface area contributed by atoms with Crippen molar-refractivity contribution in [3.63, 3.8) is 0 Å². The van der Waals surface area contributed by atoms with E-state index < -0.39 is 0 Å². The maximum Gasteiger partial charge on any atom is 0.161 e. The minimum Gasteiger partial charge on any atom is -0.394 e. The fourth-order valence-corrected chi connectivity index (χ4v) is 2.81. The molecule has 0 bridgehead atoms. The number of aromatic nitrogens is 2. The molecule has 1 fully saturated rings. The van der Waals surface area contributed by atoms with Crippen LogP contribution >= 0.6 is 0 Å². The zero-order valence-electron chi connectivity index (χ0n) is 13.8. The van der Waals surface area contributed by atoms with Gasteiger partial charge in [-0.05, 0) is 6.07 Å². The minimum absolute atomic E-state index is 0.0885. The number of ether oxygens (including phenoxy) is 1. The summed E-state index contributed by atoms with van der Waals surface area (Å²) >= 11 is 0. The van der Waals surface area contributed by atoms with Crippen LogP contribution in [0.4, 0.5) is 5.82 Å². The molecule has 0 saturated carbocycles. The summed E-state index contributed by atoms with van der Waals surface area (Å²) in [6.07, 6.45) is 1.83. The van der Waals surface area contributed by atoms with Crippen LogP contribution in [0.25, 0.3) is 11.4 Å². The molecular weight excluding hydrogens is 304 g/mol. The molecule has 1 aliphatic heterocycles. The Kier molecular flexibility index (Phi) is 6.12. The highest BCUT2D eigenvalue weighted by Crippen LogP contribution is 2.19.